The molecule has 0 N–H and O–H groups in total. The molecule has 1 aromatic rings. The Balaban J connectivity index is 2.01. The standard InChI is InChI=1S/C12H15F3N2O/c1-16-6-2-3-10(16)11(18)7-17(9-4-5-9)8-12(13,14)15/h2-3,6,9H,4-5,7-8H2,1H3. The van der Waals surface area contributed by atoms with Crippen molar-refractivity contribution in [2.75, 3.05) is 13.1 Å². The minimum absolute atomic E-state index is 0.0872. The molecule has 1 aliphatic carbocycles. The van der Waals surface area contributed by atoms with Crippen molar-refractivity contribution in [3.8, 4) is 0 Å². The van der Waals surface area contributed by atoms with E-state index in [1.54, 1.807) is 29.9 Å². The van der Waals surface area contributed by atoms with E-state index >= 15 is 0 Å². The van der Waals surface area contributed by atoms with Crippen molar-refractivity contribution in [1.29, 1.82) is 0 Å². The summed E-state index contributed by atoms with van der Waals surface area (Å²) in [5, 5.41) is 0. The zero-order chi connectivity index (χ0) is 13.3. The second kappa shape index (κ2) is 4.76. The lowest BCUT2D eigenvalue weighted by Crippen LogP contribution is -2.39. The number of alkyl halides is 3. The number of hydrogen-bond donors (Lipinski definition) is 0. The summed E-state index contributed by atoms with van der Waals surface area (Å²) >= 11 is 0. The van der Waals surface area contributed by atoms with Gasteiger partial charge >= 0.3 is 6.18 Å². The Labute approximate surface area is 103 Å². The molecule has 6 heteroatoms. The lowest BCUT2D eigenvalue weighted by atomic mass is 10.2. The van der Waals surface area contributed by atoms with E-state index in [0.29, 0.717) is 5.69 Å². The lowest BCUT2D eigenvalue weighted by Gasteiger charge is -2.22. The number of ketones is 1. The zero-order valence-electron chi connectivity index (χ0n) is 10.1. The zero-order valence-corrected chi connectivity index (χ0v) is 10.1. The number of nitrogens with zero attached hydrogens (tertiary/aromatic N) is 2. The Morgan fingerprint density at radius 1 is 1.50 bits per heavy atom. The van der Waals surface area contributed by atoms with Crippen LogP contribution < -0.4 is 0 Å². The van der Waals surface area contributed by atoms with Crippen LogP contribution in [0.2, 0.25) is 0 Å². The van der Waals surface area contributed by atoms with Gasteiger partial charge in [0.15, 0.2) is 5.78 Å². The fourth-order valence-corrected chi connectivity index (χ4v) is 2.00. The number of Topliss-reactive ketones (excluding diaryl/α,β-unsaturated/α-hetero) is 1. The molecule has 18 heavy (non-hydrogen) atoms. The summed E-state index contributed by atoms with van der Waals surface area (Å²) < 4.78 is 38.8. The van der Waals surface area contributed by atoms with Gasteiger partial charge in [0.1, 0.15) is 0 Å². The molecule has 1 aromatic heterocycles. The van der Waals surface area contributed by atoms with E-state index < -0.39 is 12.7 Å². The van der Waals surface area contributed by atoms with E-state index in [2.05, 4.69) is 0 Å². The molecule has 1 saturated carbocycles. The van der Waals surface area contributed by atoms with Crippen molar-refractivity contribution >= 4 is 5.78 Å². The van der Waals surface area contributed by atoms with Crippen LogP contribution in [-0.4, -0.2) is 40.6 Å². The molecule has 0 amide bonds. The van der Waals surface area contributed by atoms with Crippen LogP contribution in [-0.2, 0) is 7.05 Å². The van der Waals surface area contributed by atoms with Crippen molar-refractivity contribution in [2.45, 2.75) is 25.1 Å². The molecule has 3 nitrogen and oxygen atoms in total. The van der Waals surface area contributed by atoms with Gasteiger partial charge in [-0.25, -0.2) is 0 Å². The average Bonchev–Trinajstić information content (AvgIpc) is 2.98. The fraction of sp³-hybridized carbons (Fsp3) is 0.583. The number of carbonyl (C=O) groups excluding carboxylic acids is 1. The van der Waals surface area contributed by atoms with Crippen LogP contribution in [0.25, 0.3) is 0 Å². The predicted molar refractivity (Wildman–Crippen MR) is 60.4 cm³/mol. The maximum atomic E-state index is 12.4. The van der Waals surface area contributed by atoms with Crippen LogP contribution in [0.1, 0.15) is 23.3 Å². The second-order valence-corrected chi connectivity index (χ2v) is 4.68. The first-order valence-corrected chi connectivity index (χ1v) is 5.82. The van der Waals surface area contributed by atoms with Crippen LogP contribution >= 0.6 is 0 Å². The van der Waals surface area contributed by atoms with E-state index in [0.717, 1.165) is 12.8 Å². The first-order chi connectivity index (χ1) is 8.37. The van der Waals surface area contributed by atoms with Gasteiger partial charge < -0.3 is 4.57 Å². The molecule has 1 aliphatic rings. The number of aromatic nitrogens is 1. The Kier molecular flexibility index (Phi) is 3.47. The van der Waals surface area contributed by atoms with Gasteiger partial charge in [-0.05, 0) is 25.0 Å². The first-order valence-electron chi connectivity index (χ1n) is 5.82. The molecule has 0 unspecified atom stereocenters. The number of carbonyl (C=O) groups is 1. The highest BCUT2D eigenvalue weighted by atomic mass is 19.4. The smallest absolute Gasteiger partial charge is 0.348 e. The Morgan fingerprint density at radius 2 is 2.17 bits per heavy atom. The quantitative estimate of drug-likeness (QED) is 0.759. The molecule has 0 saturated heterocycles. The van der Waals surface area contributed by atoms with Crippen molar-refractivity contribution in [3.63, 3.8) is 0 Å². The van der Waals surface area contributed by atoms with Crippen LogP contribution in [0.5, 0.6) is 0 Å². The van der Waals surface area contributed by atoms with Gasteiger partial charge in [-0.3, -0.25) is 9.69 Å². The van der Waals surface area contributed by atoms with Crippen molar-refractivity contribution in [1.82, 2.24) is 9.47 Å². The molecule has 1 fully saturated rings. The van der Waals surface area contributed by atoms with E-state index in [1.807, 2.05) is 0 Å². The largest absolute Gasteiger partial charge is 0.401 e. The predicted octanol–water partition coefficient (Wildman–Crippen LogP) is 2.23. The maximum Gasteiger partial charge on any atom is 0.401 e. The first kappa shape index (κ1) is 13.1. The Hall–Kier alpha value is -1.30. The number of rotatable bonds is 5. The summed E-state index contributed by atoms with van der Waals surface area (Å²) in [4.78, 5) is 13.2. The number of halogens is 3. The molecule has 0 aliphatic heterocycles. The van der Waals surface area contributed by atoms with E-state index in [1.165, 1.54) is 4.90 Å². The molecule has 1 heterocycles. The normalized spacial score (nSPS) is 16.3. The number of hydrogen-bond acceptors (Lipinski definition) is 2. The van der Waals surface area contributed by atoms with Gasteiger partial charge in [0, 0.05) is 19.3 Å². The third-order valence-electron chi connectivity index (χ3n) is 3.02. The molecule has 0 spiro atoms. The van der Waals surface area contributed by atoms with Gasteiger partial charge in [-0.15, -0.1) is 0 Å². The van der Waals surface area contributed by atoms with Crippen LogP contribution in [0, 0.1) is 0 Å². The summed E-state index contributed by atoms with van der Waals surface area (Å²) in [6.45, 7) is -1.17. The second-order valence-electron chi connectivity index (χ2n) is 4.68. The summed E-state index contributed by atoms with van der Waals surface area (Å²) in [6.07, 6.45) is -1.05. The van der Waals surface area contributed by atoms with Crippen LogP contribution in [0.3, 0.4) is 0 Å². The third kappa shape index (κ3) is 3.35. The number of aryl methyl sites for hydroxylation is 1. The molecule has 0 radical (unpaired) electrons. The van der Waals surface area contributed by atoms with E-state index in [9.17, 15) is 18.0 Å². The molecule has 0 bridgehead atoms. The summed E-state index contributed by atoms with van der Waals surface area (Å²) in [6, 6.07) is 3.25. The maximum absolute atomic E-state index is 12.4. The van der Waals surface area contributed by atoms with Gasteiger partial charge in [-0.2, -0.15) is 13.2 Å². The minimum Gasteiger partial charge on any atom is -0.348 e. The van der Waals surface area contributed by atoms with Crippen LogP contribution in [0.15, 0.2) is 18.3 Å². The van der Waals surface area contributed by atoms with Gasteiger partial charge in [-0.1, -0.05) is 0 Å². The highest BCUT2D eigenvalue weighted by Crippen LogP contribution is 2.30. The van der Waals surface area contributed by atoms with E-state index in [-0.39, 0.29) is 18.4 Å². The van der Waals surface area contributed by atoms with Gasteiger partial charge in [0.05, 0.1) is 18.8 Å². The summed E-state index contributed by atoms with van der Waals surface area (Å²) in [5.41, 5.74) is 0.447. The Bertz CT molecular complexity index is 435. The third-order valence-corrected chi connectivity index (χ3v) is 3.02. The molecule has 2 rings (SSSR count). The SMILES string of the molecule is Cn1cccc1C(=O)CN(CC(F)(F)F)C1CC1. The molecular weight excluding hydrogens is 245 g/mol. The van der Waals surface area contributed by atoms with Crippen LogP contribution in [0.4, 0.5) is 13.2 Å². The fourth-order valence-electron chi connectivity index (χ4n) is 2.00. The van der Waals surface area contributed by atoms with Crippen molar-refractivity contribution < 1.29 is 18.0 Å². The average molecular weight is 260 g/mol. The minimum atomic E-state index is -4.25. The molecule has 0 aromatic carbocycles. The van der Waals surface area contributed by atoms with Gasteiger partial charge in [0.25, 0.3) is 0 Å². The molecule has 0 atom stereocenters. The Morgan fingerprint density at radius 3 is 2.61 bits per heavy atom. The highest BCUT2D eigenvalue weighted by Gasteiger charge is 2.38. The molecular formula is C12H15F3N2O. The van der Waals surface area contributed by atoms with Crippen molar-refractivity contribution in [2.24, 2.45) is 7.05 Å². The lowest BCUT2D eigenvalue weighted by molar-refractivity contribution is -0.145. The van der Waals surface area contributed by atoms with Gasteiger partial charge in [0.2, 0.25) is 0 Å². The summed E-state index contributed by atoms with van der Waals surface area (Å²) in [5.74, 6) is -0.265. The van der Waals surface area contributed by atoms with Crippen molar-refractivity contribution in [3.05, 3.63) is 24.0 Å². The topological polar surface area (TPSA) is 25.2 Å². The summed E-state index contributed by atoms with van der Waals surface area (Å²) in [7, 11) is 1.71. The highest BCUT2D eigenvalue weighted by molar-refractivity contribution is 5.96. The van der Waals surface area contributed by atoms with E-state index in [4.69, 9.17) is 0 Å². The molecule has 100 valence electrons. The monoisotopic (exact) mass is 260 g/mol.